The number of aromatic nitrogens is 2. The molecule has 0 atom stereocenters. The first-order chi connectivity index (χ1) is 13.9. The fourth-order valence-electron chi connectivity index (χ4n) is 3.14. The Morgan fingerprint density at radius 3 is 2.66 bits per heavy atom. The lowest BCUT2D eigenvalue weighted by molar-refractivity contribution is -0.116. The number of hydrogen-bond donors (Lipinski definition) is 1. The van der Waals surface area contributed by atoms with Crippen molar-refractivity contribution in [3.63, 3.8) is 0 Å². The molecule has 0 aliphatic heterocycles. The Morgan fingerprint density at radius 2 is 1.93 bits per heavy atom. The van der Waals surface area contributed by atoms with E-state index in [9.17, 15) is 9.59 Å². The number of aryl methyl sites for hydroxylation is 2. The van der Waals surface area contributed by atoms with Gasteiger partial charge in [0.15, 0.2) is 0 Å². The minimum absolute atomic E-state index is 0.118. The summed E-state index contributed by atoms with van der Waals surface area (Å²) in [7, 11) is 0. The molecule has 0 radical (unpaired) electrons. The molecule has 0 bridgehead atoms. The van der Waals surface area contributed by atoms with Crippen LogP contribution in [-0.2, 0) is 11.3 Å². The Labute approximate surface area is 176 Å². The van der Waals surface area contributed by atoms with Crippen LogP contribution in [0.15, 0.2) is 59.0 Å². The first kappa shape index (κ1) is 19.4. The van der Waals surface area contributed by atoms with Crippen molar-refractivity contribution in [2.24, 2.45) is 0 Å². The van der Waals surface area contributed by atoms with Crippen LogP contribution in [0.3, 0.4) is 0 Å². The number of benzene rings is 2. The zero-order valence-corrected chi connectivity index (χ0v) is 17.5. The number of carbonyl (C=O) groups excluding carboxylic acids is 1. The molecule has 1 N–H and O–H groups in total. The second-order valence-corrected chi connectivity index (χ2v) is 8.18. The summed E-state index contributed by atoms with van der Waals surface area (Å²) in [5.74, 6) is -0.300. The molecule has 0 spiro atoms. The van der Waals surface area contributed by atoms with E-state index in [1.807, 2.05) is 43.5 Å². The van der Waals surface area contributed by atoms with E-state index in [4.69, 9.17) is 11.6 Å². The maximum Gasteiger partial charge on any atom is 0.263 e. The van der Waals surface area contributed by atoms with Crippen molar-refractivity contribution >= 4 is 44.7 Å². The summed E-state index contributed by atoms with van der Waals surface area (Å²) >= 11 is 7.38. The van der Waals surface area contributed by atoms with Gasteiger partial charge < -0.3 is 5.32 Å². The third-order valence-electron chi connectivity index (χ3n) is 4.70. The molecule has 4 aromatic rings. The maximum atomic E-state index is 13.1. The summed E-state index contributed by atoms with van der Waals surface area (Å²) in [5, 5.41) is 5.90. The van der Waals surface area contributed by atoms with Crippen LogP contribution >= 0.6 is 22.9 Å². The van der Waals surface area contributed by atoms with Gasteiger partial charge in [0.1, 0.15) is 11.4 Å². The van der Waals surface area contributed by atoms with Gasteiger partial charge >= 0.3 is 0 Å². The molecule has 0 saturated heterocycles. The van der Waals surface area contributed by atoms with Crippen LogP contribution in [0.4, 0.5) is 5.69 Å². The zero-order valence-electron chi connectivity index (χ0n) is 15.9. The summed E-state index contributed by atoms with van der Waals surface area (Å²) < 4.78 is 1.34. The minimum atomic E-state index is -0.300. The highest BCUT2D eigenvalue weighted by Gasteiger charge is 2.15. The number of thiophene rings is 1. The summed E-state index contributed by atoms with van der Waals surface area (Å²) in [6.45, 7) is 3.76. The number of hydrogen-bond acceptors (Lipinski definition) is 4. The van der Waals surface area contributed by atoms with Crippen molar-refractivity contribution < 1.29 is 4.79 Å². The van der Waals surface area contributed by atoms with Gasteiger partial charge in [0.25, 0.3) is 5.56 Å². The topological polar surface area (TPSA) is 64.0 Å². The van der Waals surface area contributed by atoms with E-state index in [1.165, 1.54) is 22.2 Å². The number of nitrogens with zero attached hydrogens (tertiary/aromatic N) is 2. The lowest BCUT2D eigenvalue weighted by atomic mass is 10.1. The third kappa shape index (κ3) is 3.95. The molecule has 0 fully saturated rings. The average molecular weight is 424 g/mol. The fourth-order valence-corrected chi connectivity index (χ4v) is 4.27. The molecule has 29 heavy (non-hydrogen) atoms. The predicted octanol–water partition coefficient (Wildman–Crippen LogP) is 5.03. The number of nitrogens with one attached hydrogen (secondary N) is 1. The molecule has 146 valence electrons. The number of anilines is 1. The Kier molecular flexibility index (Phi) is 5.22. The van der Waals surface area contributed by atoms with Gasteiger partial charge in [-0.3, -0.25) is 14.2 Å². The monoisotopic (exact) mass is 423 g/mol. The minimum Gasteiger partial charge on any atom is -0.324 e. The van der Waals surface area contributed by atoms with E-state index in [-0.39, 0.29) is 18.0 Å². The van der Waals surface area contributed by atoms with E-state index in [0.717, 1.165) is 22.3 Å². The molecule has 5 nitrogen and oxygen atoms in total. The highest BCUT2D eigenvalue weighted by molar-refractivity contribution is 7.17. The van der Waals surface area contributed by atoms with Gasteiger partial charge in [0.2, 0.25) is 5.91 Å². The van der Waals surface area contributed by atoms with Crippen LogP contribution in [0.5, 0.6) is 0 Å². The van der Waals surface area contributed by atoms with Gasteiger partial charge in [-0.2, -0.15) is 0 Å². The molecule has 2 aromatic carbocycles. The Bertz CT molecular complexity index is 1280. The van der Waals surface area contributed by atoms with E-state index >= 15 is 0 Å². The smallest absolute Gasteiger partial charge is 0.263 e. The van der Waals surface area contributed by atoms with Crippen molar-refractivity contribution in [3.8, 4) is 11.1 Å². The molecule has 0 aliphatic carbocycles. The predicted molar refractivity (Wildman–Crippen MR) is 119 cm³/mol. The van der Waals surface area contributed by atoms with Crippen LogP contribution in [0.1, 0.15) is 11.1 Å². The first-order valence-electron chi connectivity index (χ1n) is 9.02. The molecule has 2 heterocycles. The SMILES string of the molecule is Cc1ccc(-c2csc3ncn(CC(=O)Nc4ccc(Cl)cc4C)c(=O)c23)cc1. The lowest BCUT2D eigenvalue weighted by Gasteiger charge is -2.10. The summed E-state index contributed by atoms with van der Waals surface area (Å²) in [6, 6.07) is 13.2. The van der Waals surface area contributed by atoms with E-state index in [2.05, 4.69) is 10.3 Å². The van der Waals surface area contributed by atoms with Crippen LogP contribution in [0, 0.1) is 13.8 Å². The number of amides is 1. The average Bonchev–Trinajstić information content (AvgIpc) is 3.12. The van der Waals surface area contributed by atoms with Crippen LogP contribution in [0.2, 0.25) is 5.02 Å². The van der Waals surface area contributed by atoms with Gasteiger partial charge in [-0.15, -0.1) is 11.3 Å². The van der Waals surface area contributed by atoms with Crippen LogP contribution < -0.4 is 10.9 Å². The standard InChI is InChI=1S/C22H18ClN3O2S/c1-13-3-5-15(6-4-13)17-11-29-21-20(17)22(28)26(12-24-21)10-19(27)25-18-8-7-16(23)9-14(18)2/h3-9,11-12H,10H2,1-2H3,(H,25,27). The summed E-state index contributed by atoms with van der Waals surface area (Å²) in [4.78, 5) is 30.6. The Morgan fingerprint density at radius 1 is 1.17 bits per heavy atom. The zero-order chi connectivity index (χ0) is 20.5. The van der Waals surface area contributed by atoms with Crippen molar-refractivity contribution in [1.29, 1.82) is 0 Å². The largest absolute Gasteiger partial charge is 0.324 e. The Balaban J connectivity index is 1.65. The molecular formula is C22H18ClN3O2S. The molecule has 7 heteroatoms. The first-order valence-corrected chi connectivity index (χ1v) is 10.3. The molecule has 1 amide bonds. The Hall–Kier alpha value is -2.96. The van der Waals surface area contributed by atoms with E-state index < -0.39 is 0 Å². The van der Waals surface area contributed by atoms with Gasteiger partial charge in [-0.05, 0) is 43.2 Å². The summed E-state index contributed by atoms with van der Waals surface area (Å²) in [5.41, 5.74) is 4.24. The normalized spacial score (nSPS) is 11.0. The highest BCUT2D eigenvalue weighted by atomic mass is 35.5. The van der Waals surface area contributed by atoms with E-state index in [1.54, 1.807) is 18.2 Å². The number of fused-ring (bicyclic) bond motifs is 1. The third-order valence-corrected chi connectivity index (χ3v) is 5.82. The lowest BCUT2D eigenvalue weighted by Crippen LogP contribution is -2.28. The highest BCUT2D eigenvalue weighted by Crippen LogP contribution is 2.30. The van der Waals surface area contributed by atoms with Gasteiger partial charge in [0, 0.05) is 21.7 Å². The quantitative estimate of drug-likeness (QED) is 0.500. The molecule has 0 aliphatic rings. The van der Waals surface area contributed by atoms with Crippen molar-refractivity contribution in [2.45, 2.75) is 20.4 Å². The number of halogens is 1. The second kappa shape index (κ2) is 7.81. The molecule has 0 unspecified atom stereocenters. The molecular weight excluding hydrogens is 406 g/mol. The molecule has 2 aromatic heterocycles. The summed E-state index contributed by atoms with van der Waals surface area (Å²) in [6.07, 6.45) is 1.42. The maximum absolute atomic E-state index is 13.1. The van der Waals surface area contributed by atoms with Gasteiger partial charge in [0.05, 0.1) is 11.7 Å². The molecule has 0 saturated carbocycles. The number of carbonyl (C=O) groups is 1. The van der Waals surface area contributed by atoms with Gasteiger partial charge in [-0.25, -0.2) is 4.98 Å². The van der Waals surface area contributed by atoms with Crippen LogP contribution in [-0.4, -0.2) is 15.5 Å². The number of rotatable bonds is 4. The van der Waals surface area contributed by atoms with Crippen LogP contribution in [0.25, 0.3) is 21.3 Å². The molecule has 4 rings (SSSR count). The van der Waals surface area contributed by atoms with Crippen molar-refractivity contribution in [3.05, 3.63) is 80.7 Å². The van der Waals surface area contributed by atoms with Gasteiger partial charge in [-0.1, -0.05) is 41.4 Å². The van der Waals surface area contributed by atoms with E-state index in [0.29, 0.717) is 20.9 Å². The fraction of sp³-hybridized carbons (Fsp3) is 0.136. The second-order valence-electron chi connectivity index (χ2n) is 6.88. The van der Waals surface area contributed by atoms with Crippen molar-refractivity contribution in [2.75, 3.05) is 5.32 Å². The van der Waals surface area contributed by atoms with Crippen molar-refractivity contribution in [1.82, 2.24) is 9.55 Å².